The zero-order valence-corrected chi connectivity index (χ0v) is 13.6. The van der Waals surface area contributed by atoms with Gasteiger partial charge >= 0.3 is 0 Å². The lowest BCUT2D eigenvalue weighted by Crippen LogP contribution is -2.29. The molecule has 2 N–H and O–H groups in total. The lowest BCUT2D eigenvalue weighted by atomic mass is 9.88. The Bertz CT molecular complexity index is 810. The van der Waals surface area contributed by atoms with E-state index in [4.69, 9.17) is 0 Å². The van der Waals surface area contributed by atoms with Crippen molar-refractivity contribution in [3.05, 3.63) is 65.9 Å². The molecule has 2 aromatic rings. The largest absolute Gasteiger partial charge is 0.508 e. The Morgan fingerprint density at radius 2 is 1.92 bits per heavy atom. The van der Waals surface area contributed by atoms with Crippen LogP contribution in [0, 0.1) is 5.92 Å². The Labute approximate surface area is 141 Å². The molecule has 1 heterocycles. The van der Waals surface area contributed by atoms with Gasteiger partial charge in [-0.15, -0.1) is 0 Å². The van der Waals surface area contributed by atoms with Crippen LogP contribution < -0.4 is 5.32 Å². The summed E-state index contributed by atoms with van der Waals surface area (Å²) >= 11 is 0. The third-order valence-electron chi connectivity index (χ3n) is 4.76. The summed E-state index contributed by atoms with van der Waals surface area (Å²) in [6.07, 6.45) is 4.33. The Hall–Kier alpha value is -2.75. The van der Waals surface area contributed by atoms with Gasteiger partial charge in [-0.3, -0.25) is 4.79 Å². The highest BCUT2D eigenvalue weighted by atomic mass is 16.3. The number of amides is 1. The standard InChI is InChI=1S/C20H20N2O2/c1-22-12-18(20(24)21-14-5-3-2-4-6-14)16-10-9-15(23)11-17(16)19(22)13-7-8-13/h2-6,9-13,19,23H,7-8H2,1H3,(H,21,24). The molecular formula is C20H20N2O2. The van der Waals surface area contributed by atoms with E-state index < -0.39 is 0 Å². The van der Waals surface area contributed by atoms with Crippen LogP contribution in [0.1, 0.15) is 30.0 Å². The number of aromatic hydroxyl groups is 1. The molecule has 1 saturated carbocycles. The summed E-state index contributed by atoms with van der Waals surface area (Å²) in [5.41, 5.74) is 3.36. The number of nitrogens with zero attached hydrogens (tertiary/aromatic N) is 1. The lowest BCUT2D eigenvalue weighted by Gasteiger charge is -2.34. The van der Waals surface area contributed by atoms with Crippen molar-refractivity contribution in [2.75, 3.05) is 12.4 Å². The summed E-state index contributed by atoms with van der Waals surface area (Å²) in [6, 6.07) is 15.0. The highest BCUT2D eigenvalue weighted by molar-refractivity contribution is 6.25. The number of anilines is 1. The maximum absolute atomic E-state index is 12.8. The van der Waals surface area contributed by atoms with Crippen molar-refractivity contribution < 1.29 is 9.90 Å². The van der Waals surface area contributed by atoms with Gasteiger partial charge in [-0.1, -0.05) is 24.3 Å². The molecule has 24 heavy (non-hydrogen) atoms. The van der Waals surface area contributed by atoms with Crippen molar-refractivity contribution in [3.8, 4) is 5.75 Å². The zero-order valence-electron chi connectivity index (χ0n) is 13.6. The van der Waals surface area contributed by atoms with Gasteiger partial charge in [0.25, 0.3) is 5.91 Å². The summed E-state index contributed by atoms with van der Waals surface area (Å²) in [4.78, 5) is 14.9. The van der Waals surface area contributed by atoms with E-state index in [0.717, 1.165) is 16.8 Å². The maximum atomic E-state index is 12.8. The fourth-order valence-electron chi connectivity index (χ4n) is 3.51. The number of benzene rings is 2. The van der Waals surface area contributed by atoms with Crippen molar-refractivity contribution >= 4 is 17.2 Å². The topological polar surface area (TPSA) is 52.6 Å². The second-order valence-electron chi connectivity index (χ2n) is 6.58. The minimum Gasteiger partial charge on any atom is -0.508 e. The molecule has 0 radical (unpaired) electrons. The predicted octanol–water partition coefficient (Wildman–Crippen LogP) is 3.77. The zero-order chi connectivity index (χ0) is 16.7. The summed E-state index contributed by atoms with van der Waals surface area (Å²) in [5.74, 6) is 0.720. The smallest absolute Gasteiger partial charge is 0.257 e. The molecule has 1 fully saturated rings. The van der Waals surface area contributed by atoms with E-state index in [2.05, 4.69) is 10.2 Å². The van der Waals surface area contributed by atoms with E-state index in [1.807, 2.05) is 49.6 Å². The number of fused-ring (bicyclic) bond motifs is 1. The first-order chi connectivity index (χ1) is 11.6. The molecular weight excluding hydrogens is 300 g/mol. The minimum atomic E-state index is -0.130. The SMILES string of the molecule is CN1C=C(C(=O)Nc2ccccc2)c2ccc(O)cc2C1C1CC1. The number of carbonyl (C=O) groups is 1. The Morgan fingerprint density at radius 1 is 1.17 bits per heavy atom. The monoisotopic (exact) mass is 320 g/mol. The molecule has 1 amide bonds. The van der Waals surface area contributed by atoms with Crippen LogP contribution in [-0.2, 0) is 4.79 Å². The van der Waals surface area contributed by atoms with Crippen LogP contribution in [-0.4, -0.2) is 23.0 Å². The van der Waals surface area contributed by atoms with Crippen molar-refractivity contribution in [1.29, 1.82) is 0 Å². The van der Waals surface area contributed by atoms with Gasteiger partial charge in [0.2, 0.25) is 0 Å². The second kappa shape index (κ2) is 5.71. The van der Waals surface area contributed by atoms with Crippen molar-refractivity contribution in [2.24, 2.45) is 5.92 Å². The third-order valence-corrected chi connectivity index (χ3v) is 4.76. The van der Waals surface area contributed by atoms with Gasteiger partial charge in [0, 0.05) is 18.9 Å². The van der Waals surface area contributed by atoms with Gasteiger partial charge in [-0.2, -0.15) is 0 Å². The number of phenolic OH excluding ortho intramolecular Hbond substituents is 1. The molecule has 0 spiro atoms. The van der Waals surface area contributed by atoms with Crippen LogP contribution in [0.4, 0.5) is 5.69 Å². The highest BCUT2D eigenvalue weighted by Crippen LogP contribution is 2.49. The van der Waals surface area contributed by atoms with Crippen LogP contribution in [0.25, 0.3) is 5.57 Å². The van der Waals surface area contributed by atoms with Crippen LogP contribution in [0.15, 0.2) is 54.7 Å². The van der Waals surface area contributed by atoms with Crippen LogP contribution in [0.3, 0.4) is 0 Å². The number of carbonyl (C=O) groups excluding carboxylic acids is 1. The number of hydrogen-bond donors (Lipinski definition) is 2. The van der Waals surface area contributed by atoms with Gasteiger partial charge in [0.1, 0.15) is 5.75 Å². The number of para-hydroxylation sites is 1. The van der Waals surface area contributed by atoms with E-state index in [9.17, 15) is 9.90 Å². The Balaban J connectivity index is 1.71. The molecule has 4 nitrogen and oxygen atoms in total. The van der Waals surface area contributed by atoms with Gasteiger partial charge in [-0.05, 0) is 54.2 Å². The molecule has 2 aromatic carbocycles. The average molecular weight is 320 g/mol. The second-order valence-corrected chi connectivity index (χ2v) is 6.58. The van der Waals surface area contributed by atoms with E-state index in [-0.39, 0.29) is 17.7 Å². The van der Waals surface area contributed by atoms with Crippen LogP contribution in [0.5, 0.6) is 5.75 Å². The van der Waals surface area contributed by atoms with Crippen molar-refractivity contribution in [2.45, 2.75) is 18.9 Å². The number of hydrogen-bond acceptors (Lipinski definition) is 3. The average Bonchev–Trinajstić information content (AvgIpc) is 3.39. The number of phenols is 1. The number of rotatable bonds is 3. The molecule has 4 heteroatoms. The molecule has 1 aliphatic carbocycles. The van der Waals surface area contributed by atoms with E-state index in [1.165, 1.54) is 12.8 Å². The van der Waals surface area contributed by atoms with E-state index >= 15 is 0 Å². The van der Waals surface area contributed by atoms with Gasteiger partial charge in [0.15, 0.2) is 0 Å². The maximum Gasteiger partial charge on any atom is 0.257 e. The Morgan fingerprint density at radius 3 is 2.62 bits per heavy atom. The summed E-state index contributed by atoms with van der Waals surface area (Å²) in [5, 5.41) is 12.9. The minimum absolute atomic E-state index is 0.130. The normalized spacial score (nSPS) is 19.5. The lowest BCUT2D eigenvalue weighted by molar-refractivity contribution is -0.111. The molecule has 0 bridgehead atoms. The first kappa shape index (κ1) is 14.8. The third kappa shape index (κ3) is 2.64. The van der Waals surface area contributed by atoms with Crippen LogP contribution >= 0.6 is 0 Å². The van der Waals surface area contributed by atoms with Crippen molar-refractivity contribution in [3.63, 3.8) is 0 Å². The quantitative estimate of drug-likeness (QED) is 0.905. The first-order valence-corrected chi connectivity index (χ1v) is 8.27. The molecule has 1 unspecified atom stereocenters. The van der Waals surface area contributed by atoms with Gasteiger partial charge in [0.05, 0.1) is 11.6 Å². The van der Waals surface area contributed by atoms with Gasteiger partial charge < -0.3 is 15.3 Å². The van der Waals surface area contributed by atoms with E-state index in [0.29, 0.717) is 11.5 Å². The fraction of sp³-hybridized carbons (Fsp3) is 0.250. The predicted molar refractivity (Wildman–Crippen MR) is 94.4 cm³/mol. The molecule has 0 aromatic heterocycles. The molecule has 4 rings (SSSR count). The van der Waals surface area contributed by atoms with Gasteiger partial charge in [-0.25, -0.2) is 0 Å². The summed E-state index contributed by atoms with van der Waals surface area (Å²) < 4.78 is 0. The molecule has 1 aliphatic heterocycles. The fourth-order valence-corrected chi connectivity index (χ4v) is 3.51. The molecule has 2 aliphatic rings. The summed E-state index contributed by atoms with van der Waals surface area (Å²) in [7, 11) is 2.01. The molecule has 1 atom stereocenters. The highest BCUT2D eigenvalue weighted by Gasteiger charge is 2.39. The molecule has 0 saturated heterocycles. The number of nitrogens with one attached hydrogen (secondary N) is 1. The first-order valence-electron chi connectivity index (χ1n) is 8.27. The summed E-state index contributed by atoms with van der Waals surface area (Å²) in [6.45, 7) is 0. The van der Waals surface area contributed by atoms with Crippen molar-refractivity contribution in [1.82, 2.24) is 4.90 Å². The van der Waals surface area contributed by atoms with Crippen LogP contribution in [0.2, 0.25) is 0 Å². The molecule has 122 valence electrons. The Kier molecular flexibility index (Phi) is 3.53. The van der Waals surface area contributed by atoms with E-state index in [1.54, 1.807) is 12.1 Å².